The maximum atomic E-state index is 14.4. The number of rotatable bonds is 6. The molecule has 0 spiro atoms. The summed E-state index contributed by atoms with van der Waals surface area (Å²) in [6.07, 6.45) is 1.93. The smallest absolute Gasteiger partial charge is 0.276 e. The second kappa shape index (κ2) is 11.3. The number of aromatic amines is 1. The van der Waals surface area contributed by atoms with Gasteiger partial charge in [0, 0.05) is 37.3 Å². The highest BCUT2D eigenvalue weighted by Gasteiger charge is 2.30. The van der Waals surface area contributed by atoms with Gasteiger partial charge in [0.15, 0.2) is 11.8 Å². The van der Waals surface area contributed by atoms with Crippen LogP contribution in [0.25, 0.3) is 34.3 Å². The molecule has 0 saturated carbocycles. The number of alkyl halides is 2. The fraction of sp³-hybridized carbons (Fsp3) is 0.481. The fourth-order valence-electron chi connectivity index (χ4n) is 4.74. The molecule has 0 aliphatic carbocycles. The summed E-state index contributed by atoms with van der Waals surface area (Å²) in [6, 6.07) is 1.88. The monoisotopic (exact) mass is 556 g/mol. The van der Waals surface area contributed by atoms with Gasteiger partial charge in [-0.25, -0.2) is 18.4 Å². The first-order chi connectivity index (χ1) is 19.1. The molecule has 5 heterocycles. The molecule has 0 aromatic carbocycles. The normalized spacial score (nSPS) is 17.9. The number of aryl methyl sites for hydroxylation is 1. The van der Waals surface area contributed by atoms with E-state index in [0.717, 1.165) is 11.1 Å². The Morgan fingerprint density at radius 3 is 2.73 bits per heavy atom. The molecule has 2 N–H and O–H groups in total. The number of aliphatic hydroxyl groups excluding tert-OH is 1. The minimum atomic E-state index is -2.75. The highest BCUT2D eigenvalue weighted by Crippen LogP contribution is 2.34. The first-order valence-electron chi connectivity index (χ1n) is 13.3. The Bertz CT molecular complexity index is 1510. The van der Waals surface area contributed by atoms with E-state index in [2.05, 4.69) is 25.4 Å². The number of nitrogens with zero attached hydrogens (tertiary/aromatic N) is 7. The van der Waals surface area contributed by atoms with Crippen molar-refractivity contribution in [3.05, 3.63) is 35.4 Å². The van der Waals surface area contributed by atoms with Crippen molar-refractivity contribution in [2.45, 2.75) is 65.5 Å². The molecule has 5 rings (SSSR count). The number of aliphatic hydroxyl groups is 1. The Labute approximate surface area is 230 Å². The van der Waals surface area contributed by atoms with Crippen molar-refractivity contribution in [3.63, 3.8) is 0 Å². The van der Waals surface area contributed by atoms with Gasteiger partial charge >= 0.3 is 0 Å². The van der Waals surface area contributed by atoms with Crippen LogP contribution < -0.4 is 9.47 Å². The maximum Gasteiger partial charge on any atom is 0.276 e. The van der Waals surface area contributed by atoms with Crippen molar-refractivity contribution in [3.8, 4) is 22.9 Å². The summed E-state index contributed by atoms with van der Waals surface area (Å²) in [5.41, 5.74) is 3.84. The lowest BCUT2D eigenvalue weighted by atomic mass is 10.1. The van der Waals surface area contributed by atoms with Crippen LogP contribution in [-0.4, -0.2) is 82.6 Å². The number of halogens is 2. The van der Waals surface area contributed by atoms with E-state index < -0.39 is 18.6 Å². The van der Waals surface area contributed by atoms with Crippen LogP contribution in [0.3, 0.4) is 0 Å². The number of nitrogens with one attached hydrogen (secondary N) is 1. The molecule has 0 saturated heterocycles. The van der Waals surface area contributed by atoms with Gasteiger partial charge < -0.3 is 14.6 Å². The summed E-state index contributed by atoms with van der Waals surface area (Å²) in [5, 5.41) is 27.3. The molecule has 1 aliphatic heterocycles. The summed E-state index contributed by atoms with van der Waals surface area (Å²) >= 11 is 0. The van der Waals surface area contributed by atoms with Gasteiger partial charge in [-0.05, 0) is 45.5 Å². The standard InChI is InChI=1S/C27H34F2N8O3/c1-6-36-13-22-18(26(39-15(2)3)34-37(22)12-16(4)38)7-8-21-19-9-17(10-30-25(19)33-32-21)20-11-31-35(5)27(20)40-23(14-36)24(28)29/h7-11,15-16,23-24,38H,6,12-14H2,1-5H3,(H,30,32,33)/b8-7+/t16-,23-/m0/s1. The zero-order chi connectivity index (χ0) is 28.6. The molecule has 4 aromatic rings. The minimum Gasteiger partial charge on any atom is -0.473 e. The van der Waals surface area contributed by atoms with E-state index in [9.17, 15) is 13.9 Å². The third-order valence-corrected chi connectivity index (χ3v) is 6.70. The minimum absolute atomic E-state index is 0.0532. The largest absolute Gasteiger partial charge is 0.473 e. The first-order valence-corrected chi connectivity index (χ1v) is 13.3. The second-order valence-electron chi connectivity index (χ2n) is 10.2. The van der Waals surface area contributed by atoms with Crippen molar-refractivity contribution in [2.75, 3.05) is 13.1 Å². The SMILES string of the molecule is CCN1Cc2c(c(OC(C)C)nn2C[C@H](C)O)/C=C/c2[nH]nc3ncc(cc23)-c2cnn(C)c2O[C@H](C(F)F)C1. The van der Waals surface area contributed by atoms with Gasteiger partial charge in [-0.2, -0.15) is 10.2 Å². The quantitative estimate of drug-likeness (QED) is 0.369. The van der Waals surface area contributed by atoms with E-state index in [4.69, 9.17) is 9.47 Å². The van der Waals surface area contributed by atoms with Gasteiger partial charge in [0.05, 0.1) is 47.5 Å². The lowest BCUT2D eigenvalue weighted by molar-refractivity contribution is -0.0128. The predicted octanol–water partition coefficient (Wildman–Crippen LogP) is 3.74. The van der Waals surface area contributed by atoms with Crippen molar-refractivity contribution in [2.24, 2.45) is 7.05 Å². The number of ether oxygens (including phenoxy) is 2. The second-order valence-corrected chi connectivity index (χ2v) is 10.2. The molecule has 1 aliphatic rings. The topological polar surface area (TPSA) is 119 Å². The molecular weight excluding hydrogens is 522 g/mol. The van der Waals surface area contributed by atoms with Crippen LogP contribution in [0.1, 0.15) is 44.6 Å². The average Bonchev–Trinajstić information content (AvgIpc) is 3.55. The van der Waals surface area contributed by atoms with Gasteiger partial charge in [0.25, 0.3) is 6.43 Å². The summed E-state index contributed by atoms with van der Waals surface area (Å²) in [6.45, 7) is 8.29. The van der Waals surface area contributed by atoms with Gasteiger partial charge in [-0.15, -0.1) is 5.10 Å². The van der Waals surface area contributed by atoms with Crippen LogP contribution >= 0.6 is 0 Å². The highest BCUT2D eigenvalue weighted by atomic mass is 19.3. The summed E-state index contributed by atoms with van der Waals surface area (Å²) in [4.78, 5) is 6.34. The Morgan fingerprint density at radius 1 is 1.23 bits per heavy atom. The van der Waals surface area contributed by atoms with Gasteiger partial charge in [-0.3, -0.25) is 14.7 Å². The Balaban J connectivity index is 1.72. The van der Waals surface area contributed by atoms with Crippen molar-refractivity contribution in [1.82, 2.24) is 39.6 Å². The van der Waals surface area contributed by atoms with Crippen LogP contribution in [0, 0.1) is 0 Å². The van der Waals surface area contributed by atoms with Crippen LogP contribution in [0.4, 0.5) is 8.78 Å². The van der Waals surface area contributed by atoms with Gasteiger partial charge in [0.1, 0.15) is 0 Å². The molecule has 40 heavy (non-hydrogen) atoms. The van der Waals surface area contributed by atoms with E-state index in [-0.39, 0.29) is 31.6 Å². The maximum absolute atomic E-state index is 14.4. The summed E-state index contributed by atoms with van der Waals surface area (Å²) in [5.74, 6) is 0.621. The number of likely N-dealkylation sites (N-methyl/N-ethyl adjacent to an activating group) is 1. The van der Waals surface area contributed by atoms with E-state index in [1.807, 2.05) is 43.9 Å². The number of H-pyrrole nitrogens is 1. The van der Waals surface area contributed by atoms with Crippen LogP contribution in [-0.2, 0) is 20.1 Å². The molecule has 2 atom stereocenters. The molecule has 2 bridgehead atoms. The van der Waals surface area contributed by atoms with E-state index in [1.165, 1.54) is 4.68 Å². The van der Waals surface area contributed by atoms with Crippen molar-refractivity contribution in [1.29, 1.82) is 0 Å². The number of pyridine rings is 1. The van der Waals surface area contributed by atoms with Gasteiger partial charge in [0.2, 0.25) is 11.8 Å². The lowest BCUT2D eigenvalue weighted by Gasteiger charge is -2.27. The molecule has 4 aromatic heterocycles. The fourth-order valence-corrected chi connectivity index (χ4v) is 4.74. The third-order valence-electron chi connectivity index (χ3n) is 6.70. The summed E-state index contributed by atoms with van der Waals surface area (Å²) < 4.78 is 44.0. The lowest BCUT2D eigenvalue weighted by Crippen LogP contribution is -2.40. The Kier molecular flexibility index (Phi) is 7.86. The molecule has 0 amide bonds. The first kappa shape index (κ1) is 27.7. The Hall–Kier alpha value is -3.84. The zero-order valence-electron chi connectivity index (χ0n) is 23.2. The van der Waals surface area contributed by atoms with Crippen LogP contribution in [0.2, 0.25) is 0 Å². The molecule has 13 heteroatoms. The molecular formula is C27H34F2N8O3. The molecule has 11 nitrogen and oxygen atoms in total. The van der Waals surface area contributed by atoms with E-state index >= 15 is 0 Å². The van der Waals surface area contributed by atoms with Crippen molar-refractivity contribution < 1.29 is 23.4 Å². The zero-order valence-corrected chi connectivity index (χ0v) is 23.2. The van der Waals surface area contributed by atoms with E-state index in [0.29, 0.717) is 40.5 Å². The average molecular weight is 557 g/mol. The third kappa shape index (κ3) is 5.56. The molecule has 214 valence electrons. The predicted molar refractivity (Wildman–Crippen MR) is 146 cm³/mol. The number of hydrogen-bond acceptors (Lipinski definition) is 8. The summed E-state index contributed by atoms with van der Waals surface area (Å²) in [7, 11) is 1.65. The number of aromatic nitrogens is 7. The molecule has 0 unspecified atom stereocenters. The van der Waals surface area contributed by atoms with Crippen molar-refractivity contribution >= 4 is 23.2 Å². The van der Waals surface area contributed by atoms with Gasteiger partial charge in [-0.1, -0.05) is 6.92 Å². The highest BCUT2D eigenvalue weighted by molar-refractivity contribution is 5.90. The molecule has 0 fully saturated rings. The molecule has 0 radical (unpaired) electrons. The number of fused-ring (bicyclic) bond motifs is 4. The van der Waals surface area contributed by atoms with Crippen LogP contribution in [0.5, 0.6) is 11.8 Å². The van der Waals surface area contributed by atoms with Crippen LogP contribution in [0.15, 0.2) is 18.5 Å². The Morgan fingerprint density at radius 2 is 2.02 bits per heavy atom. The van der Waals surface area contributed by atoms with E-state index in [1.54, 1.807) is 31.0 Å². The number of hydrogen-bond donors (Lipinski definition) is 2.